The first kappa shape index (κ1) is 13.7. The van der Waals surface area contributed by atoms with Crippen molar-refractivity contribution in [2.45, 2.75) is 25.8 Å². The molecule has 0 aromatic carbocycles. The van der Waals surface area contributed by atoms with E-state index in [2.05, 4.69) is 10.5 Å². The number of hydrogen-bond acceptors (Lipinski definition) is 5. The zero-order valence-electron chi connectivity index (χ0n) is 9.67. The molecule has 0 aliphatic rings. The van der Waals surface area contributed by atoms with Crippen molar-refractivity contribution in [1.82, 2.24) is 10.5 Å². The first-order chi connectivity index (χ1) is 8.43. The topological polar surface area (TPSA) is 136 Å². The van der Waals surface area contributed by atoms with E-state index in [9.17, 15) is 14.4 Å². The largest absolute Gasteiger partial charge is 0.480 e. The predicted molar refractivity (Wildman–Crippen MR) is 58.6 cm³/mol. The van der Waals surface area contributed by atoms with Crippen LogP contribution in [-0.4, -0.2) is 34.1 Å². The molecule has 98 valence electrons. The second-order valence-corrected chi connectivity index (χ2v) is 3.57. The summed E-state index contributed by atoms with van der Waals surface area (Å²) in [6, 6.07) is 0.0233. The molecule has 1 heterocycles. The summed E-state index contributed by atoms with van der Waals surface area (Å²) in [4.78, 5) is 33.1. The molecular formula is C10H13N3O5. The number of nitrogens with two attached hydrogens (primary N) is 1. The molecule has 8 nitrogen and oxygen atoms in total. The Hall–Kier alpha value is -2.38. The van der Waals surface area contributed by atoms with E-state index in [1.54, 1.807) is 0 Å². The molecule has 1 aromatic rings. The first-order valence-corrected chi connectivity index (χ1v) is 5.21. The summed E-state index contributed by atoms with van der Waals surface area (Å²) in [6.07, 6.45) is 0.0729. The lowest BCUT2D eigenvalue weighted by molar-refractivity contribution is -0.140. The molecule has 0 spiro atoms. The van der Waals surface area contributed by atoms with Crippen LogP contribution in [0.15, 0.2) is 10.6 Å². The maximum absolute atomic E-state index is 11.6. The average molecular weight is 255 g/mol. The highest BCUT2D eigenvalue weighted by Crippen LogP contribution is 2.05. The zero-order chi connectivity index (χ0) is 13.7. The van der Waals surface area contributed by atoms with Gasteiger partial charge in [0.15, 0.2) is 5.69 Å². The predicted octanol–water partition coefficient (Wildman–Crippen LogP) is -0.705. The molecule has 18 heavy (non-hydrogen) atoms. The van der Waals surface area contributed by atoms with Crippen molar-refractivity contribution in [3.8, 4) is 0 Å². The molecule has 0 fully saturated rings. The van der Waals surface area contributed by atoms with Gasteiger partial charge in [-0.05, 0) is 0 Å². The van der Waals surface area contributed by atoms with Gasteiger partial charge in [-0.25, -0.2) is 4.79 Å². The highest BCUT2D eigenvalue weighted by atomic mass is 16.5. The van der Waals surface area contributed by atoms with Crippen molar-refractivity contribution >= 4 is 17.8 Å². The number of nitrogens with one attached hydrogen (secondary N) is 1. The molecule has 0 unspecified atom stereocenters. The fourth-order valence-electron chi connectivity index (χ4n) is 1.22. The minimum Gasteiger partial charge on any atom is -0.480 e. The second kappa shape index (κ2) is 5.80. The van der Waals surface area contributed by atoms with Gasteiger partial charge >= 0.3 is 5.97 Å². The number of carboxylic acid groups (broad SMARTS) is 1. The molecular weight excluding hydrogens is 242 g/mol. The van der Waals surface area contributed by atoms with E-state index >= 15 is 0 Å². The van der Waals surface area contributed by atoms with Crippen molar-refractivity contribution in [1.29, 1.82) is 0 Å². The minimum atomic E-state index is -1.38. The van der Waals surface area contributed by atoms with Crippen LogP contribution in [0.1, 0.15) is 29.6 Å². The van der Waals surface area contributed by atoms with Crippen LogP contribution >= 0.6 is 0 Å². The fraction of sp³-hybridized carbons (Fsp3) is 0.400. The Morgan fingerprint density at radius 1 is 1.56 bits per heavy atom. The highest BCUT2D eigenvalue weighted by molar-refractivity contribution is 5.96. The number of carbonyl (C=O) groups is 3. The van der Waals surface area contributed by atoms with Gasteiger partial charge in [0, 0.05) is 12.5 Å². The van der Waals surface area contributed by atoms with Crippen molar-refractivity contribution < 1.29 is 24.0 Å². The van der Waals surface area contributed by atoms with Crippen molar-refractivity contribution in [3.63, 3.8) is 0 Å². The number of carbonyl (C=O) groups excluding carboxylic acids is 2. The third-order valence-corrected chi connectivity index (χ3v) is 2.15. The summed E-state index contributed by atoms with van der Waals surface area (Å²) >= 11 is 0. The van der Waals surface area contributed by atoms with Gasteiger partial charge in [-0.1, -0.05) is 12.1 Å². The van der Waals surface area contributed by atoms with Crippen molar-refractivity contribution in [2.24, 2.45) is 5.73 Å². The number of hydrogen-bond donors (Lipinski definition) is 3. The van der Waals surface area contributed by atoms with Crippen LogP contribution in [0, 0.1) is 0 Å². The van der Waals surface area contributed by atoms with E-state index in [1.807, 2.05) is 6.92 Å². The van der Waals surface area contributed by atoms with Crippen LogP contribution in [0.4, 0.5) is 0 Å². The van der Waals surface area contributed by atoms with Crippen LogP contribution in [0.5, 0.6) is 0 Å². The van der Waals surface area contributed by atoms with Gasteiger partial charge in [-0.15, -0.1) is 0 Å². The molecule has 4 N–H and O–H groups in total. The fourth-order valence-corrected chi connectivity index (χ4v) is 1.22. The summed E-state index contributed by atoms with van der Waals surface area (Å²) in [6.45, 7) is 1.81. The van der Waals surface area contributed by atoms with E-state index in [4.69, 9.17) is 15.4 Å². The van der Waals surface area contributed by atoms with Gasteiger partial charge in [0.1, 0.15) is 11.8 Å². The summed E-state index contributed by atoms with van der Waals surface area (Å²) in [5.41, 5.74) is 4.84. The van der Waals surface area contributed by atoms with E-state index < -0.39 is 30.2 Å². The van der Waals surface area contributed by atoms with Gasteiger partial charge < -0.3 is 20.7 Å². The smallest absolute Gasteiger partial charge is 0.326 e. The van der Waals surface area contributed by atoms with Gasteiger partial charge in [0.05, 0.1) is 6.42 Å². The molecule has 0 aliphatic heterocycles. The van der Waals surface area contributed by atoms with Crippen molar-refractivity contribution in [3.05, 3.63) is 17.5 Å². The number of nitrogens with zero attached hydrogens (tertiary/aromatic N) is 1. The monoisotopic (exact) mass is 255 g/mol. The lowest BCUT2D eigenvalue weighted by Crippen LogP contribution is -2.43. The van der Waals surface area contributed by atoms with E-state index in [0.717, 1.165) is 0 Å². The molecule has 1 aromatic heterocycles. The maximum atomic E-state index is 11.6. The Labute approximate surface area is 102 Å². The van der Waals surface area contributed by atoms with Crippen LogP contribution in [0.2, 0.25) is 0 Å². The SMILES string of the molecule is CCc1cc(C(=O)N[C@@H](CC(N)=O)C(=O)O)no1. The second-order valence-electron chi connectivity index (χ2n) is 3.57. The molecule has 0 saturated heterocycles. The third kappa shape index (κ3) is 3.58. The van der Waals surface area contributed by atoms with E-state index in [1.165, 1.54) is 6.07 Å². The van der Waals surface area contributed by atoms with Gasteiger partial charge in [-0.2, -0.15) is 0 Å². The average Bonchev–Trinajstić information content (AvgIpc) is 2.75. The van der Waals surface area contributed by atoms with Crippen LogP contribution in [0.25, 0.3) is 0 Å². The maximum Gasteiger partial charge on any atom is 0.326 e. The Bertz CT molecular complexity index is 468. The Morgan fingerprint density at radius 2 is 2.22 bits per heavy atom. The van der Waals surface area contributed by atoms with Crippen LogP contribution < -0.4 is 11.1 Å². The summed E-state index contributed by atoms with van der Waals surface area (Å²) in [7, 11) is 0. The molecule has 0 radical (unpaired) electrons. The molecule has 1 rings (SSSR count). The van der Waals surface area contributed by atoms with Gasteiger partial charge in [0.2, 0.25) is 5.91 Å². The minimum absolute atomic E-state index is 0.0393. The van der Waals surface area contributed by atoms with E-state index in [0.29, 0.717) is 12.2 Å². The number of amides is 2. The van der Waals surface area contributed by atoms with Gasteiger partial charge in [-0.3, -0.25) is 9.59 Å². The normalized spacial score (nSPS) is 11.8. The molecule has 0 bridgehead atoms. The molecule has 0 saturated carbocycles. The Kier molecular flexibility index (Phi) is 4.41. The lowest BCUT2D eigenvalue weighted by atomic mass is 10.2. The lowest BCUT2D eigenvalue weighted by Gasteiger charge is -2.10. The highest BCUT2D eigenvalue weighted by Gasteiger charge is 2.24. The van der Waals surface area contributed by atoms with Crippen molar-refractivity contribution in [2.75, 3.05) is 0 Å². The first-order valence-electron chi connectivity index (χ1n) is 5.21. The van der Waals surface area contributed by atoms with Crippen LogP contribution in [-0.2, 0) is 16.0 Å². The van der Waals surface area contributed by atoms with Crippen LogP contribution in [0.3, 0.4) is 0 Å². The quantitative estimate of drug-likeness (QED) is 0.614. The zero-order valence-corrected chi connectivity index (χ0v) is 9.67. The number of primary amides is 1. The standard InChI is InChI=1S/C10H13N3O5/c1-2-5-3-6(13-18-5)9(15)12-7(10(16)17)4-8(11)14/h3,7H,2,4H2,1H3,(H2,11,14)(H,12,15)(H,16,17)/t7-/m0/s1. The molecule has 8 heteroatoms. The number of rotatable bonds is 6. The number of carboxylic acids is 1. The number of aryl methyl sites for hydroxylation is 1. The summed E-state index contributed by atoms with van der Waals surface area (Å²) in [5, 5.41) is 14.4. The number of aliphatic carboxylic acids is 1. The molecule has 1 atom stereocenters. The Morgan fingerprint density at radius 3 is 2.67 bits per heavy atom. The summed E-state index contributed by atoms with van der Waals surface area (Å²) in [5.74, 6) is -2.40. The summed E-state index contributed by atoms with van der Waals surface area (Å²) < 4.78 is 4.81. The number of aromatic nitrogens is 1. The molecule has 0 aliphatic carbocycles. The van der Waals surface area contributed by atoms with E-state index in [-0.39, 0.29) is 5.69 Å². The Balaban J connectivity index is 2.71. The van der Waals surface area contributed by atoms with Gasteiger partial charge in [0.25, 0.3) is 5.91 Å². The third-order valence-electron chi connectivity index (χ3n) is 2.15. The molecule has 2 amide bonds.